The lowest BCUT2D eigenvalue weighted by atomic mass is 9.73. The van der Waals surface area contributed by atoms with Gasteiger partial charge in [-0.15, -0.1) is 0 Å². The van der Waals surface area contributed by atoms with Crippen molar-refractivity contribution in [3.63, 3.8) is 0 Å². The summed E-state index contributed by atoms with van der Waals surface area (Å²) >= 11 is 12.7. The summed E-state index contributed by atoms with van der Waals surface area (Å²) in [5.74, 6) is 1.17. The van der Waals surface area contributed by atoms with E-state index in [4.69, 9.17) is 51.6 Å². The van der Waals surface area contributed by atoms with Gasteiger partial charge in [0, 0.05) is 77.4 Å². The van der Waals surface area contributed by atoms with Crippen molar-refractivity contribution >= 4 is 46.0 Å². The monoisotopic (exact) mass is 667 g/mol. The predicted molar refractivity (Wildman–Crippen MR) is 178 cm³/mol. The van der Waals surface area contributed by atoms with Gasteiger partial charge in [-0.25, -0.2) is 14.5 Å². The molecular formula is C34H38Cl2N6O4. The Morgan fingerprint density at radius 1 is 1.09 bits per heavy atom. The fraction of sp³-hybridized carbons (Fsp3) is 0.471. The summed E-state index contributed by atoms with van der Waals surface area (Å²) in [6.45, 7) is 6.67. The first-order chi connectivity index (χ1) is 23.2. The predicted octanol–water partition coefficient (Wildman–Crippen LogP) is 7.70. The maximum atomic E-state index is 12.4. The first-order valence-corrected chi connectivity index (χ1v) is 16.2. The third-order valence-electron chi connectivity index (χ3n) is 8.61. The van der Waals surface area contributed by atoms with Crippen LogP contribution >= 0.6 is 23.2 Å². The van der Waals surface area contributed by atoms with E-state index in [9.17, 15) is 4.79 Å². The number of likely N-dealkylation sites (tertiary alicyclic amines) is 1. The molecule has 3 aliphatic rings. The van der Waals surface area contributed by atoms with Crippen LogP contribution in [0.2, 0.25) is 10.0 Å². The zero-order valence-corrected chi connectivity index (χ0v) is 27.5. The molecular weight excluding hydrogens is 627 g/mol. The second kappa shape index (κ2) is 11.9. The van der Waals surface area contributed by atoms with Crippen molar-refractivity contribution in [2.45, 2.75) is 64.8 Å². The Hall–Kier alpha value is -3.60. The zero-order chi connectivity index (χ0) is 34.7. The number of fused-ring (bicyclic) bond motifs is 1. The Balaban J connectivity index is 1.14. The number of amides is 1. The van der Waals surface area contributed by atoms with Gasteiger partial charge in [-0.3, -0.25) is 4.98 Å². The molecule has 10 nitrogen and oxygen atoms in total. The Kier molecular flexibility index (Phi) is 7.11. The number of nitrogens with zero attached hydrogens (tertiary/aromatic N) is 6. The number of hydrogen-bond acceptors (Lipinski definition) is 8. The molecule has 6 heterocycles. The Labute approximate surface area is 282 Å². The summed E-state index contributed by atoms with van der Waals surface area (Å²) < 4.78 is 44.3. The molecule has 0 N–H and O–H groups in total. The maximum absolute atomic E-state index is 12.4. The van der Waals surface area contributed by atoms with Gasteiger partial charge in [0.15, 0.2) is 6.23 Å². The van der Waals surface area contributed by atoms with Gasteiger partial charge < -0.3 is 24.0 Å². The summed E-state index contributed by atoms with van der Waals surface area (Å²) in [6.07, 6.45) is 5.43. The molecule has 0 radical (unpaired) electrons. The molecule has 3 aromatic heterocycles. The average molecular weight is 669 g/mol. The second-order valence-electron chi connectivity index (χ2n) is 13.4. The second-order valence-corrected chi connectivity index (χ2v) is 14.2. The lowest BCUT2D eigenvalue weighted by molar-refractivity contribution is -0.0454. The molecule has 0 bridgehead atoms. The van der Waals surface area contributed by atoms with Gasteiger partial charge in [-0.05, 0) is 77.2 Å². The highest BCUT2D eigenvalue weighted by Crippen LogP contribution is 2.43. The number of anilines is 1. The van der Waals surface area contributed by atoms with E-state index in [0.29, 0.717) is 31.1 Å². The summed E-state index contributed by atoms with van der Waals surface area (Å²) in [7, 11) is 0. The minimum absolute atomic E-state index is 0.0694. The zero-order valence-electron chi connectivity index (χ0n) is 29.0. The fourth-order valence-electron chi connectivity index (χ4n) is 6.47. The van der Waals surface area contributed by atoms with E-state index in [0.717, 1.165) is 54.6 Å². The summed E-state index contributed by atoms with van der Waals surface area (Å²) in [6, 6.07) is 9.35. The van der Waals surface area contributed by atoms with Crippen molar-refractivity contribution in [1.82, 2.24) is 24.6 Å². The summed E-state index contributed by atoms with van der Waals surface area (Å²) in [4.78, 5) is 25.1. The minimum atomic E-state index is -2.57. The third-order valence-corrected chi connectivity index (χ3v) is 9.22. The minimum Gasteiger partial charge on any atom is -0.486 e. The first-order valence-electron chi connectivity index (χ1n) is 17.0. The van der Waals surface area contributed by atoms with Gasteiger partial charge >= 0.3 is 6.09 Å². The van der Waals surface area contributed by atoms with Crippen LogP contribution in [-0.2, 0) is 9.47 Å². The van der Waals surface area contributed by atoms with Crippen molar-refractivity contribution in [3.05, 3.63) is 64.5 Å². The number of ether oxygens (including phenoxy) is 3. The van der Waals surface area contributed by atoms with E-state index in [1.807, 2.05) is 43.7 Å². The highest BCUT2D eigenvalue weighted by atomic mass is 35.5. The maximum Gasteiger partial charge on any atom is 0.410 e. The summed E-state index contributed by atoms with van der Waals surface area (Å²) in [5.41, 5.74) is 2.00. The van der Waals surface area contributed by atoms with Gasteiger partial charge in [0.05, 0.1) is 15.6 Å². The quantitative estimate of drug-likeness (QED) is 0.206. The van der Waals surface area contributed by atoms with Crippen molar-refractivity contribution in [3.8, 4) is 17.0 Å². The number of aromatic nitrogens is 4. The normalized spacial score (nSPS) is 21.2. The van der Waals surface area contributed by atoms with Gasteiger partial charge in [0.2, 0.25) is 0 Å². The van der Waals surface area contributed by atoms with Crippen molar-refractivity contribution in [2.24, 2.45) is 5.41 Å². The van der Waals surface area contributed by atoms with Crippen LogP contribution in [0.1, 0.15) is 68.9 Å². The van der Waals surface area contributed by atoms with Crippen LogP contribution in [0, 0.1) is 5.41 Å². The topological polar surface area (TPSA) is 94.8 Å². The molecule has 0 aliphatic carbocycles. The molecule has 3 fully saturated rings. The Bertz CT molecular complexity index is 1840. The molecule has 4 aromatic rings. The number of carbonyl (C=O) groups is 1. The Morgan fingerprint density at radius 3 is 2.52 bits per heavy atom. The number of benzene rings is 1. The van der Waals surface area contributed by atoms with Gasteiger partial charge in [0.25, 0.3) is 0 Å². The van der Waals surface area contributed by atoms with Crippen LogP contribution in [0.5, 0.6) is 5.75 Å². The molecule has 1 spiro atoms. The molecule has 0 saturated carbocycles. The van der Waals surface area contributed by atoms with Crippen LogP contribution in [0.25, 0.3) is 22.2 Å². The number of hydrogen-bond donors (Lipinski definition) is 0. The molecule has 242 valence electrons. The number of halogens is 2. The molecule has 46 heavy (non-hydrogen) atoms. The molecule has 1 aromatic carbocycles. The van der Waals surface area contributed by atoms with Crippen molar-refractivity contribution in [2.75, 3.05) is 37.7 Å². The number of rotatable bonds is 6. The van der Waals surface area contributed by atoms with Crippen molar-refractivity contribution in [1.29, 1.82) is 0 Å². The highest BCUT2D eigenvalue weighted by Gasteiger charge is 2.54. The third kappa shape index (κ3) is 5.98. The van der Waals surface area contributed by atoms with Crippen LogP contribution < -0.4 is 9.64 Å². The summed E-state index contributed by atoms with van der Waals surface area (Å²) in [5, 5.41) is 5.99. The van der Waals surface area contributed by atoms with Crippen LogP contribution in [-0.4, -0.2) is 69.1 Å². The molecule has 12 heteroatoms. The molecule has 3 aliphatic heterocycles. The van der Waals surface area contributed by atoms with E-state index in [2.05, 4.69) is 9.88 Å². The number of carbonyl (C=O) groups excluding carboxylic acids is 1. The van der Waals surface area contributed by atoms with E-state index in [1.54, 1.807) is 23.2 Å². The fourth-order valence-corrected chi connectivity index (χ4v) is 7.03. The Morgan fingerprint density at radius 2 is 1.87 bits per heavy atom. The van der Waals surface area contributed by atoms with Crippen molar-refractivity contribution < 1.29 is 23.1 Å². The van der Waals surface area contributed by atoms with Crippen LogP contribution in [0.15, 0.2) is 48.9 Å². The van der Waals surface area contributed by atoms with E-state index in [-0.39, 0.29) is 33.3 Å². The van der Waals surface area contributed by atoms with Crippen LogP contribution in [0.3, 0.4) is 0 Å². The van der Waals surface area contributed by atoms with Crippen LogP contribution in [0.4, 0.5) is 10.6 Å². The number of pyridine rings is 2. The van der Waals surface area contributed by atoms with Gasteiger partial charge in [-0.2, -0.15) is 5.10 Å². The lowest BCUT2D eigenvalue weighted by Gasteiger charge is -2.60. The van der Waals surface area contributed by atoms with E-state index in [1.165, 1.54) is 12.4 Å². The largest absolute Gasteiger partial charge is 0.486 e. The van der Waals surface area contributed by atoms with Gasteiger partial charge in [0.1, 0.15) is 29.0 Å². The highest BCUT2D eigenvalue weighted by molar-refractivity contribution is 6.35. The molecule has 2 atom stereocenters. The molecule has 7 rings (SSSR count). The molecule has 2 unspecified atom stereocenters. The molecule has 1 amide bonds. The van der Waals surface area contributed by atoms with Gasteiger partial charge in [-0.1, -0.05) is 23.2 Å². The SMILES string of the molecule is [2H]C([2H])([2H])C(Oc1ccc2c(c1)c(-c1ccc(N3CC4(CN(C(=O)OC(C)(C)C)C4)C3)nc1)nn2C1CCCCO1)c1c(Cl)cncc1Cl. The van der Waals surface area contributed by atoms with E-state index < -0.39 is 18.6 Å². The lowest BCUT2D eigenvalue weighted by Crippen LogP contribution is -2.73. The average Bonchev–Trinajstić information content (AvgIpc) is 3.37. The molecule has 3 saturated heterocycles. The first kappa shape index (κ1) is 27.5. The van der Waals surface area contributed by atoms with E-state index >= 15 is 0 Å². The smallest absolute Gasteiger partial charge is 0.410 e. The standard InChI is InChI=1S/C34H38Cl2N6O4/c1-21(30-25(35)15-37-16-26(30)36)45-23-9-10-27-24(13-23)31(39-42(27)29-7-5-6-12-44-29)22-8-11-28(38-14-22)40-17-34(18-40)19-41(20-34)32(43)46-33(2,3)4/h8-11,13-16,21,29H,5-7,12,17-20H2,1-4H3/i1D3.